The second-order valence-corrected chi connectivity index (χ2v) is 10.9. The molecule has 1 N–H and O–H groups in total. The van der Waals surface area contributed by atoms with E-state index in [1.54, 1.807) is 7.11 Å². The molecule has 196 valence electrons. The molecule has 1 aliphatic carbocycles. The fraction of sp³-hybridized carbons (Fsp3) is 0.654. The van der Waals surface area contributed by atoms with Crippen LogP contribution in [0.5, 0.6) is 0 Å². The van der Waals surface area contributed by atoms with Gasteiger partial charge in [0.25, 0.3) is 0 Å². The zero-order chi connectivity index (χ0) is 25.9. The van der Waals surface area contributed by atoms with Crippen LogP contribution in [0.4, 0.5) is 9.18 Å². The van der Waals surface area contributed by atoms with Crippen LogP contribution in [0.3, 0.4) is 0 Å². The number of carbonyl (C=O) groups is 2. The van der Waals surface area contributed by atoms with E-state index in [4.69, 9.17) is 24.1 Å². The van der Waals surface area contributed by atoms with Crippen LogP contribution in [0.25, 0.3) is 0 Å². The van der Waals surface area contributed by atoms with Gasteiger partial charge >= 0.3 is 12.1 Å². The number of hydrogen-bond donors (Lipinski definition) is 1. The molecule has 3 aliphatic heterocycles. The van der Waals surface area contributed by atoms with Crippen molar-refractivity contribution in [2.75, 3.05) is 26.8 Å². The lowest BCUT2D eigenvalue weighted by Gasteiger charge is -2.46. The number of carbonyl (C=O) groups excluding carboxylic acids is 1. The number of methoxy groups -OCH3 is 1. The minimum Gasteiger partial charge on any atom is -0.477 e. The summed E-state index contributed by atoms with van der Waals surface area (Å²) in [4.78, 5) is 29.0. The third-order valence-corrected chi connectivity index (χ3v) is 8.13. The van der Waals surface area contributed by atoms with E-state index in [1.807, 2.05) is 0 Å². The van der Waals surface area contributed by atoms with E-state index in [1.165, 1.54) is 28.8 Å². The van der Waals surface area contributed by atoms with Crippen molar-refractivity contribution in [1.29, 1.82) is 0 Å². The summed E-state index contributed by atoms with van der Waals surface area (Å²) < 4.78 is 39.2. The van der Waals surface area contributed by atoms with Crippen molar-refractivity contribution < 1.29 is 38.0 Å². The van der Waals surface area contributed by atoms with Crippen LogP contribution >= 0.6 is 0 Å². The monoisotopic (exact) mass is 504 g/mol. The first-order valence-corrected chi connectivity index (χ1v) is 12.3. The quantitative estimate of drug-likeness (QED) is 0.444. The maximum atomic E-state index is 15.3. The molecule has 1 saturated carbocycles. The molecule has 0 aromatic carbocycles. The van der Waals surface area contributed by atoms with Crippen molar-refractivity contribution in [3.05, 3.63) is 41.2 Å². The number of nitrogens with zero attached hydrogens (tertiary/aromatic N) is 2. The maximum Gasteiger partial charge on any atom is 0.410 e. The summed E-state index contributed by atoms with van der Waals surface area (Å²) in [7, 11) is 1.61. The smallest absolute Gasteiger partial charge is 0.410 e. The number of alkyl halides is 1. The molecular formula is C26H33FN2O7. The van der Waals surface area contributed by atoms with Gasteiger partial charge in [0.05, 0.1) is 31.7 Å². The number of halogens is 1. The van der Waals surface area contributed by atoms with Crippen molar-refractivity contribution in [2.45, 2.75) is 75.2 Å². The number of hydrogen-bond acceptors (Lipinski definition) is 7. The van der Waals surface area contributed by atoms with E-state index >= 15 is 4.39 Å². The molecule has 4 heterocycles. The van der Waals surface area contributed by atoms with Crippen LogP contribution in [0.1, 0.15) is 56.1 Å². The van der Waals surface area contributed by atoms with Crippen molar-refractivity contribution in [3.8, 4) is 0 Å². The van der Waals surface area contributed by atoms with Gasteiger partial charge in [-0.25, -0.2) is 19.0 Å². The number of allylic oxidation sites excluding steroid dienone is 1. The van der Waals surface area contributed by atoms with Gasteiger partial charge in [0.1, 0.15) is 29.1 Å². The summed E-state index contributed by atoms with van der Waals surface area (Å²) in [5.41, 5.74) is -1.25. The van der Waals surface area contributed by atoms with Crippen LogP contribution in [0.2, 0.25) is 0 Å². The van der Waals surface area contributed by atoms with Gasteiger partial charge < -0.3 is 29.0 Å². The second kappa shape index (κ2) is 8.78. The first-order chi connectivity index (χ1) is 17.0. The molecule has 0 unspecified atom stereocenters. The summed E-state index contributed by atoms with van der Waals surface area (Å²) in [6.07, 6.45) is 4.04. The fourth-order valence-corrected chi connectivity index (χ4v) is 5.93. The molecule has 1 aromatic heterocycles. The average Bonchev–Trinajstić information content (AvgIpc) is 3.73. The van der Waals surface area contributed by atoms with Crippen molar-refractivity contribution in [1.82, 2.24) is 9.88 Å². The fourth-order valence-electron chi connectivity index (χ4n) is 5.93. The van der Waals surface area contributed by atoms with Gasteiger partial charge in [-0.1, -0.05) is 17.7 Å². The van der Waals surface area contributed by atoms with Gasteiger partial charge in [-0.3, -0.25) is 0 Å². The lowest BCUT2D eigenvalue weighted by molar-refractivity contribution is -0.129. The van der Waals surface area contributed by atoms with E-state index in [9.17, 15) is 9.59 Å². The third-order valence-electron chi connectivity index (χ3n) is 8.13. The van der Waals surface area contributed by atoms with Crippen LogP contribution < -0.4 is 0 Å². The molecule has 0 radical (unpaired) electrons. The Morgan fingerprint density at radius 3 is 2.61 bits per heavy atom. The van der Waals surface area contributed by atoms with E-state index in [2.05, 4.69) is 31.8 Å². The molecule has 1 aromatic rings. The number of aromatic nitrogens is 1. The first kappa shape index (κ1) is 25.1. The lowest BCUT2D eigenvalue weighted by atomic mass is 9.68. The minimum absolute atomic E-state index is 0.0502. The number of pyridine rings is 1. The summed E-state index contributed by atoms with van der Waals surface area (Å²) >= 11 is 0. The van der Waals surface area contributed by atoms with Crippen LogP contribution in [-0.4, -0.2) is 83.4 Å². The maximum absolute atomic E-state index is 15.3. The Hall–Kier alpha value is -2.56. The lowest BCUT2D eigenvalue weighted by Crippen LogP contribution is -2.61. The van der Waals surface area contributed by atoms with Crippen molar-refractivity contribution in [3.63, 3.8) is 0 Å². The van der Waals surface area contributed by atoms with E-state index in [-0.39, 0.29) is 42.0 Å². The molecule has 36 heavy (non-hydrogen) atoms. The molecular weight excluding hydrogens is 471 g/mol. The van der Waals surface area contributed by atoms with Gasteiger partial charge in [0, 0.05) is 18.9 Å². The van der Waals surface area contributed by atoms with Crippen LogP contribution in [-0.2, 0) is 24.6 Å². The molecule has 10 heteroatoms. The Labute approximate surface area is 209 Å². The molecule has 1 amide bonds. The number of amides is 1. The topological polar surface area (TPSA) is 114 Å². The molecule has 4 aliphatic rings. The minimum atomic E-state index is -1.79. The largest absolute Gasteiger partial charge is 0.477 e. The highest BCUT2D eigenvalue weighted by Crippen LogP contribution is 2.59. The average molecular weight is 505 g/mol. The highest BCUT2D eigenvalue weighted by atomic mass is 19.1. The molecule has 9 nitrogen and oxygen atoms in total. The molecule has 4 fully saturated rings. The Morgan fingerprint density at radius 1 is 1.33 bits per heavy atom. The van der Waals surface area contributed by atoms with Gasteiger partial charge in [0.2, 0.25) is 0 Å². The third kappa shape index (κ3) is 4.29. The van der Waals surface area contributed by atoms with Gasteiger partial charge in [-0.15, -0.1) is 0 Å². The number of likely N-dealkylation sites (tertiary alicyclic amines) is 1. The predicted octanol–water partition coefficient (Wildman–Crippen LogP) is 3.47. The van der Waals surface area contributed by atoms with E-state index in [0.717, 1.165) is 12.8 Å². The van der Waals surface area contributed by atoms with E-state index in [0.29, 0.717) is 13.0 Å². The number of epoxide rings is 2. The number of carboxylic acid groups (broad SMARTS) is 1. The summed E-state index contributed by atoms with van der Waals surface area (Å²) in [6.45, 7) is 6.46. The Balaban J connectivity index is 1.23. The van der Waals surface area contributed by atoms with E-state index < -0.39 is 35.5 Å². The van der Waals surface area contributed by atoms with Gasteiger partial charge in [0.15, 0.2) is 5.67 Å². The second-order valence-electron chi connectivity index (χ2n) is 10.9. The Bertz CT molecular complexity index is 1060. The molecule has 3 saturated heterocycles. The number of ether oxygens (including phenoxy) is 4. The van der Waals surface area contributed by atoms with Crippen molar-refractivity contribution in [2.24, 2.45) is 5.92 Å². The van der Waals surface area contributed by atoms with Gasteiger partial charge in [-0.2, -0.15) is 0 Å². The highest BCUT2D eigenvalue weighted by Gasteiger charge is 2.72. The number of aromatic carboxylic acids is 1. The number of rotatable bonds is 7. The molecule has 0 bridgehead atoms. The van der Waals surface area contributed by atoms with Crippen LogP contribution in [0, 0.1) is 5.92 Å². The zero-order valence-electron chi connectivity index (χ0n) is 21.0. The predicted molar refractivity (Wildman–Crippen MR) is 125 cm³/mol. The standard InChI is InChI=1S/C26H33FN2O7/c1-15(2)5-8-19-24(3,36-19)21-20(33-4)18(9-10-26(21)14-34-26)35-23(32)29-12-25(27,13-29)16-6-7-17(22(30)31)28-11-16/h5-7,11,18-21H,8-10,12-14H2,1-4H3,(H,30,31)/t18-,19-,20-,21-,24+,26+/m1/s1. The number of carboxylic acids is 1. The molecule has 6 atom stereocenters. The normalized spacial score (nSPS) is 36.1. The van der Waals surface area contributed by atoms with Crippen molar-refractivity contribution >= 4 is 12.1 Å². The zero-order valence-corrected chi connectivity index (χ0v) is 21.0. The van der Waals surface area contributed by atoms with Crippen LogP contribution in [0.15, 0.2) is 30.0 Å². The first-order valence-electron chi connectivity index (χ1n) is 12.3. The van der Waals surface area contributed by atoms with Gasteiger partial charge in [-0.05, 0) is 46.1 Å². The highest BCUT2D eigenvalue weighted by molar-refractivity contribution is 5.85. The molecule has 5 rings (SSSR count). The SMILES string of the molecule is CO[C@@H]1[C@H](OC(=O)N2CC(F)(c3ccc(C(=O)O)nc3)C2)CC[C@]2(CO2)[C@H]1[C@@]1(C)O[C@@H]1CC=C(C)C. The Morgan fingerprint density at radius 2 is 2.06 bits per heavy atom. The summed E-state index contributed by atoms with van der Waals surface area (Å²) in [5, 5.41) is 8.98. The Kier molecular flexibility index (Phi) is 6.12. The molecule has 1 spiro atoms. The summed E-state index contributed by atoms with van der Waals surface area (Å²) in [5.74, 6) is -1.27. The summed E-state index contributed by atoms with van der Waals surface area (Å²) in [6, 6.07) is 2.65.